The third-order valence-corrected chi connectivity index (χ3v) is 2.51. The Bertz CT molecular complexity index is 226. The average Bonchev–Trinajstić information content (AvgIpc) is 2.32. The molecule has 0 spiro atoms. The van der Waals surface area contributed by atoms with Crippen molar-refractivity contribution in [3.63, 3.8) is 0 Å². The molecule has 1 aliphatic rings. The van der Waals surface area contributed by atoms with E-state index in [1.54, 1.807) is 0 Å². The number of Topliss-reactive ketones (excluding diaryl/α,β-unsaturated/α-hetero) is 1. The molecule has 0 amide bonds. The number of hydrogen-bond acceptors (Lipinski definition) is 2. The molecule has 1 fully saturated rings. The molecule has 2 nitrogen and oxygen atoms in total. The van der Waals surface area contributed by atoms with E-state index >= 15 is 0 Å². The van der Waals surface area contributed by atoms with Crippen LogP contribution in [0, 0.1) is 22.7 Å². The molecule has 1 rings (SSSR count). The lowest BCUT2D eigenvalue weighted by Gasteiger charge is -2.20. The van der Waals surface area contributed by atoms with Crippen LogP contribution in [0.15, 0.2) is 0 Å². The number of nitrogens with zero attached hydrogens (tertiary/aromatic N) is 1. The van der Waals surface area contributed by atoms with Gasteiger partial charge < -0.3 is 0 Å². The first kappa shape index (κ1) is 9.25. The molecule has 0 saturated heterocycles. The molecule has 0 aromatic carbocycles. The Morgan fingerprint density at radius 2 is 2.33 bits per heavy atom. The zero-order valence-electron chi connectivity index (χ0n) is 7.76. The molecular formula is C10H15NO. The second-order valence-corrected chi connectivity index (χ2v) is 4.07. The summed E-state index contributed by atoms with van der Waals surface area (Å²) in [5, 5.41) is 8.96. The molecule has 66 valence electrons. The van der Waals surface area contributed by atoms with E-state index in [2.05, 4.69) is 19.9 Å². The standard InChI is InChI=1S/C10H15NO/c1-8(2)6-10(7-11)5-3-4-9(10)12/h8H,3-6H2,1-2H3. The number of carbonyl (C=O) groups is 1. The summed E-state index contributed by atoms with van der Waals surface area (Å²) in [4.78, 5) is 11.4. The smallest absolute Gasteiger partial charge is 0.153 e. The zero-order valence-corrected chi connectivity index (χ0v) is 7.76. The predicted octanol–water partition coefficient (Wildman–Crippen LogP) is 2.30. The van der Waals surface area contributed by atoms with Crippen LogP contribution in [0.2, 0.25) is 0 Å². The largest absolute Gasteiger partial charge is 0.298 e. The van der Waals surface area contributed by atoms with E-state index in [9.17, 15) is 4.79 Å². The highest BCUT2D eigenvalue weighted by molar-refractivity contribution is 5.89. The summed E-state index contributed by atoms with van der Waals surface area (Å²) in [7, 11) is 0. The lowest BCUT2D eigenvalue weighted by atomic mass is 9.79. The number of rotatable bonds is 2. The van der Waals surface area contributed by atoms with E-state index in [-0.39, 0.29) is 5.78 Å². The van der Waals surface area contributed by atoms with E-state index in [0.717, 1.165) is 19.3 Å². The lowest BCUT2D eigenvalue weighted by Crippen LogP contribution is -2.25. The summed E-state index contributed by atoms with van der Waals surface area (Å²) in [5.74, 6) is 0.602. The molecule has 0 N–H and O–H groups in total. The van der Waals surface area contributed by atoms with Crippen molar-refractivity contribution in [2.24, 2.45) is 11.3 Å². The van der Waals surface area contributed by atoms with Gasteiger partial charge in [0.15, 0.2) is 5.78 Å². The molecule has 0 bridgehead atoms. The fraction of sp³-hybridized carbons (Fsp3) is 0.800. The molecule has 0 aromatic heterocycles. The van der Waals surface area contributed by atoms with Crippen LogP contribution >= 0.6 is 0 Å². The quantitative estimate of drug-likeness (QED) is 0.630. The molecule has 0 aromatic rings. The van der Waals surface area contributed by atoms with Gasteiger partial charge in [-0.3, -0.25) is 4.79 Å². The Balaban J connectivity index is 2.77. The maximum absolute atomic E-state index is 11.4. The Morgan fingerprint density at radius 1 is 1.67 bits per heavy atom. The highest BCUT2D eigenvalue weighted by atomic mass is 16.1. The summed E-state index contributed by atoms with van der Waals surface area (Å²) in [6.45, 7) is 4.12. The summed E-state index contributed by atoms with van der Waals surface area (Å²) in [6.07, 6.45) is 3.03. The number of carbonyl (C=O) groups excluding carboxylic acids is 1. The zero-order chi connectivity index (χ0) is 9.19. The molecule has 1 atom stereocenters. The first-order chi connectivity index (χ1) is 5.60. The number of nitriles is 1. The van der Waals surface area contributed by atoms with Crippen LogP contribution in [0.25, 0.3) is 0 Å². The Kier molecular flexibility index (Phi) is 2.52. The Hall–Kier alpha value is -0.840. The van der Waals surface area contributed by atoms with Crippen molar-refractivity contribution < 1.29 is 4.79 Å². The van der Waals surface area contributed by atoms with Crippen LogP contribution in [0.4, 0.5) is 0 Å². The van der Waals surface area contributed by atoms with Crippen LogP contribution in [0.1, 0.15) is 39.5 Å². The molecule has 0 heterocycles. The van der Waals surface area contributed by atoms with Gasteiger partial charge in [-0.25, -0.2) is 0 Å². The number of hydrogen-bond donors (Lipinski definition) is 0. The van der Waals surface area contributed by atoms with Gasteiger partial charge in [-0.2, -0.15) is 5.26 Å². The topological polar surface area (TPSA) is 40.9 Å². The monoisotopic (exact) mass is 165 g/mol. The third-order valence-electron chi connectivity index (χ3n) is 2.51. The molecule has 1 unspecified atom stereocenters. The van der Waals surface area contributed by atoms with E-state index in [0.29, 0.717) is 12.3 Å². The number of ketones is 1. The second-order valence-electron chi connectivity index (χ2n) is 4.07. The normalized spacial score (nSPS) is 29.3. The van der Waals surface area contributed by atoms with Crippen molar-refractivity contribution >= 4 is 5.78 Å². The Labute approximate surface area is 73.6 Å². The molecule has 0 aliphatic heterocycles. The van der Waals surface area contributed by atoms with Crippen molar-refractivity contribution in [3.05, 3.63) is 0 Å². The van der Waals surface area contributed by atoms with Crippen molar-refractivity contribution in [2.75, 3.05) is 0 Å². The Morgan fingerprint density at radius 3 is 2.67 bits per heavy atom. The lowest BCUT2D eigenvalue weighted by molar-refractivity contribution is -0.123. The van der Waals surface area contributed by atoms with Crippen LogP contribution in [-0.2, 0) is 4.79 Å². The van der Waals surface area contributed by atoms with Gasteiger partial charge in [0.1, 0.15) is 5.41 Å². The SMILES string of the molecule is CC(C)CC1(C#N)CCCC1=O. The highest BCUT2D eigenvalue weighted by Gasteiger charge is 2.42. The highest BCUT2D eigenvalue weighted by Crippen LogP contribution is 2.39. The summed E-state index contributed by atoms with van der Waals surface area (Å²) >= 11 is 0. The minimum atomic E-state index is -0.617. The van der Waals surface area contributed by atoms with E-state index in [1.807, 2.05) is 0 Å². The summed E-state index contributed by atoms with van der Waals surface area (Å²) in [5.41, 5.74) is -0.617. The summed E-state index contributed by atoms with van der Waals surface area (Å²) in [6, 6.07) is 2.21. The third kappa shape index (κ3) is 1.50. The van der Waals surface area contributed by atoms with Gasteiger partial charge in [0.05, 0.1) is 6.07 Å². The first-order valence-corrected chi connectivity index (χ1v) is 4.55. The fourth-order valence-corrected chi connectivity index (χ4v) is 2.01. The fourth-order valence-electron chi connectivity index (χ4n) is 2.01. The van der Waals surface area contributed by atoms with Crippen molar-refractivity contribution in [3.8, 4) is 6.07 Å². The molecule has 2 heteroatoms. The minimum Gasteiger partial charge on any atom is -0.298 e. The van der Waals surface area contributed by atoms with Gasteiger partial charge in [0.2, 0.25) is 0 Å². The van der Waals surface area contributed by atoms with Gasteiger partial charge in [0, 0.05) is 6.42 Å². The minimum absolute atomic E-state index is 0.165. The van der Waals surface area contributed by atoms with Crippen LogP contribution in [-0.4, -0.2) is 5.78 Å². The van der Waals surface area contributed by atoms with Crippen LogP contribution < -0.4 is 0 Å². The van der Waals surface area contributed by atoms with E-state index in [4.69, 9.17) is 5.26 Å². The van der Waals surface area contributed by atoms with Gasteiger partial charge in [-0.05, 0) is 25.2 Å². The van der Waals surface area contributed by atoms with Gasteiger partial charge in [-0.15, -0.1) is 0 Å². The second kappa shape index (κ2) is 3.26. The van der Waals surface area contributed by atoms with E-state index < -0.39 is 5.41 Å². The van der Waals surface area contributed by atoms with Crippen molar-refractivity contribution in [1.82, 2.24) is 0 Å². The first-order valence-electron chi connectivity index (χ1n) is 4.55. The molecule has 1 aliphatic carbocycles. The average molecular weight is 165 g/mol. The van der Waals surface area contributed by atoms with Gasteiger partial charge in [-0.1, -0.05) is 13.8 Å². The van der Waals surface area contributed by atoms with E-state index in [1.165, 1.54) is 0 Å². The molecule has 1 saturated carbocycles. The van der Waals surface area contributed by atoms with Crippen LogP contribution in [0.5, 0.6) is 0 Å². The van der Waals surface area contributed by atoms with Crippen molar-refractivity contribution in [1.29, 1.82) is 5.26 Å². The molecule has 12 heavy (non-hydrogen) atoms. The van der Waals surface area contributed by atoms with Crippen molar-refractivity contribution in [2.45, 2.75) is 39.5 Å². The van der Waals surface area contributed by atoms with Gasteiger partial charge >= 0.3 is 0 Å². The maximum Gasteiger partial charge on any atom is 0.153 e. The maximum atomic E-state index is 11.4. The van der Waals surface area contributed by atoms with Gasteiger partial charge in [0.25, 0.3) is 0 Å². The summed E-state index contributed by atoms with van der Waals surface area (Å²) < 4.78 is 0. The predicted molar refractivity (Wildman–Crippen MR) is 46.4 cm³/mol. The molecule has 0 radical (unpaired) electrons. The molecular weight excluding hydrogens is 150 g/mol. The van der Waals surface area contributed by atoms with Crippen LogP contribution in [0.3, 0.4) is 0 Å².